The fraction of sp³-hybridized carbons (Fsp3) is 0.524. The van der Waals surface area contributed by atoms with Crippen molar-refractivity contribution in [2.24, 2.45) is 0 Å². The van der Waals surface area contributed by atoms with Crippen LogP contribution in [0.4, 0.5) is 0 Å². The number of sulfonamides is 1. The molecule has 1 atom stereocenters. The molecule has 0 amide bonds. The molecular formula is C21H26N4O4S3. The van der Waals surface area contributed by atoms with Crippen LogP contribution in [0.5, 0.6) is 0 Å². The topological polar surface area (TPSA) is 102 Å². The monoisotopic (exact) mass is 494 g/mol. The third-order valence-electron chi connectivity index (χ3n) is 6.52. The Hall–Kier alpha value is -1.82. The Bertz CT molecular complexity index is 1350. The summed E-state index contributed by atoms with van der Waals surface area (Å²) in [4.78, 5) is 4.98. The summed E-state index contributed by atoms with van der Waals surface area (Å²) < 4.78 is 55.1. The molecule has 2 saturated heterocycles. The van der Waals surface area contributed by atoms with Gasteiger partial charge in [-0.1, -0.05) is 12.1 Å². The van der Waals surface area contributed by atoms with Crippen molar-refractivity contribution in [3.8, 4) is 0 Å². The molecule has 8 nitrogen and oxygen atoms in total. The lowest BCUT2D eigenvalue weighted by Crippen LogP contribution is -2.38. The largest absolute Gasteiger partial charge is 0.264 e. The second-order valence-corrected chi connectivity index (χ2v) is 13.9. The highest BCUT2D eigenvalue weighted by molar-refractivity contribution is 7.91. The van der Waals surface area contributed by atoms with E-state index in [9.17, 15) is 16.8 Å². The Morgan fingerprint density at radius 2 is 1.81 bits per heavy atom. The maximum atomic E-state index is 13.5. The second kappa shape index (κ2) is 7.89. The lowest BCUT2D eigenvalue weighted by Gasteiger charge is -2.30. The van der Waals surface area contributed by atoms with Crippen molar-refractivity contribution in [2.75, 3.05) is 24.6 Å². The van der Waals surface area contributed by atoms with E-state index in [2.05, 4.69) is 11.2 Å². The zero-order valence-electron chi connectivity index (χ0n) is 18.1. The van der Waals surface area contributed by atoms with Gasteiger partial charge in [-0.2, -0.15) is 9.40 Å². The summed E-state index contributed by atoms with van der Waals surface area (Å²) in [5.41, 5.74) is 1.95. The van der Waals surface area contributed by atoms with Crippen molar-refractivity contribution in [2.45, 2.75) is 50.0 Å². The Morgan fingerprint density at radius 1 is 1.09 bits per heavy atom. The van der Waals surface area contributed by atoms with Crippen LogP contribution in [-0.2, 0) is 19.9 Å². The Labute approximate surface area is 192 Å². The van der Waals surface area contributed by atoms with E-state index in [4.69, 9.17) is 4.98 Å². The molecule has 0 bridgehead atoms. The first-order valence-corrected chi connectivity index (χ1v) is 14.9. The minimum atomic E-state index is -3.71. The smallest absolute Gasteiger partial charge is 0.246 e. The van der Waals surface area contributed by atoms with Gasteiger partial charge in [-0.3, -0.25) is 4.68 Å². The summed E-state index contributed by atoms with van der Waals surface area (Å²) in [6, 6.07) is 7.76. The highest BCUT2D eigenvalue weighted by atomic mass is 32.2. The standard InChI is InChI=1S/C21H26N4O4S3/c1-14-20(15(2)25(23-14)17-9-12-31(26,27)13-17)32(28,29)24-10-7-16(8-11-24)21-22-18-5-3-4-6-19(18)30-21/h3-6,16-17H,7-13H2,1-2H3. The maximum absolute atomic E-state index is 13.5. The van der Waals surface area contributed by atoms with Crippen molar-refractivity contribution in [3.05, 3.63) is 40.7 Å². The van der Waals surface area contributed by atoms with Gasteiger partial charge in [0.2, 0.25) is 10.0 Å². The van der Waals surface area contributed by atoms with Gasteiger partial charge in [0.05, 0.1) is 44.2 Å². The van der Waals surface area contributed by atoms with E-state index in [-0.39, 0.29) is 28.4 Å². The number of benzene rings is 1. The fourth-order valence-electron chi connectivity index (χ4n) is 4.88. The van der Waals surface area contributed by atoms with Crippen LogP contribution in [0, 0.1) is 13.8 Å². The van der Waals surface area contributed by atoms with Gasteiger partial charge in [-0.25, -0.2) is 21.8 Å². The van der Waals surface area contributed by atoms with Crippen LogP contribution in [0.15, 0.2) is 29.2 Å². The SMILES string of the molecule is Cc1nn(C2CCS(=O)(=O)C2)c(C)c1S(=O)(=O)N1CCC(c2nc3ccccc3s2)CC1. The number of aryl methyl sites for hydroxylation is 1. The lowest BCUT2D eigenvalue weighted by atomic mass is 9.99. The predicted molar refractivity (Wildman–Crippen MR) is 124 cm³/mol. The molecule has 0 spiro atoms. The van der Waals surface area contributed by atoms with E-state index >= 15 is 0 Å². The zero-order chi connectivity index (χ0) is 22.7. The Morgan fingerprint density at radius 3 is 2.47 bits per heavy atom. The molecule has 1 unspecified atom stereocenters. The molecule has 32 heavy (non-hydrogen) atoms. The van der Waals surface area contributed by atoms with Gasteiger partial charge in [0.1, 0.15) is 4.90 Å². The van der Waals surface area contributed by atoms with Crippen LogP contribution in [-0.4, -0.2) is 60.5 Å². The number of rotatable bonds is 4. The molecule has 0 aliphatic carbocycles. The minimum absolute atomic E-state index is 0.0159. The number of hydrogen-bond acceptors (Lipinski definition) is 7. The van der Waals surface area contributed by atoms with Crippen LogP contribution >= 0.6 is 11.3 Å². The zero-order valence-corrected chi connectivity index (χ0v) is 20.5. The van der Waals surface area contributed by atoms with Crippen LogP contribution in [0.3, 0.4) is 0 Å². The van der Waals surface area contributed by atoms with Crippen molar-refractivity contribution < 1.29 is 16.8 Å². The van der Waals surface area contributed by atoms with Crippen molar-refractivity contribution in [3.63, 3.8) is 0 Å². The van der Waals surface area contributed by atoms with Crippen LogP contribution < -0.4 is 0 Å². The fourth-order valence-corrected chi connectivity index (χ4v) is 9.54. The number of para-hydroxylation sites is 1. The first-order chi connectivity index (χ1) is 15.2. The van der Waals surface area contributed by atoms with Gasteiger partial charge in [0.15, 0.2) is 9.84 Å². The van der Waals surface area contributed by atoms with E-state index in [1.807, 2.05) is 18.2 Å². The molecular weight excluding hydrogens is 468 g/mol. The summed E-state index contributed by atoms with van der Waals surface area (Å²) in [6.45, 7) is 4.29. The molecule has 5 rings (SSSR count). The first-order valence-electron chi connectivity index (χ1n) is 10.8. The second-order valence-electron chi connectivity index (χ2n) is 8.70. The summed E-state index contributed by atoms with van der Waals surface area (Å²) in [5.74, 6) is 0.395. The molecule has 2 aliphatic rings. The molecule has 0 radical (unpaired) electrons. The summed E-state index contributed by atoms with van der Waals surface area (Å²) in [5, 5.41) is 5.52. The molecule has 0 N–H and O–H groups in total. The number of aromatic nitrogens is 3. The number of hydrogen-bond donors (Lipinski definition) is 0. The third kappa shape index (κ3) is 3.78. The molecule has 1 aromatic carbocycles. The molecule has 2 aromatic heterocycles. The van der Waals surface area contributed by atoms with E-state index in [1.165, 1.54) is 0 Å². The van der Waals surface area contributed by atoms with E-state index in [0.29, 0.717) is 30.9 Å². The van der Waals surface area contributed by atoms with E-state index in [1.54, 1.807) is 34.2 Å². The van der Waals surface area contributed by atoms with Crippen LogP contribution in [0.25, 0.3) is 10.2 Å². The molecule has 2 aliphatic heterocycles. The highest BCUT2D eigenvalue weighted by Gasteiger charge is 2.37. The normalized spacial score (nSPS) is 22.6. The van der Waals surface area contributed by atoms with Gasteiger partial charge in [-0.05, 0) is 45.2 Å². The summed E-state index contributed by atoms with van der Waals surface area (Å²) in [6.07, 6.45) is 1.93. The van der Waals surface area contributed by atoms with Crippen molar-refractivity contribution in [1.29, 1.82) is 0 Å². The molecule has 0 saturated carbocycles. The van der Waals surface area contributed by atoms with Gasteiger partial charge < -0.3 is 0 Å². The Balaban J connectivity index is 1.35. The lowest BCUT2D eigenvalue weighted by molar-refractivity contribution is 0.319. The van der Waals surface area contributed by atoms with Crippen molar-refractivity contribution >= 4 is 41.4 Å². The molecule has 2 fully saturated rings. The van der Waals surface area contributed by atoms with Gasteiger partial charge in [0.25, 0.3) is 0 Å². The van der Waals surface area contributed by atoms with Crippen LogP contribution in [0.1, 0.15) is 47.6 Å². The molecule has 3 aromatic rings. The minimum Gasteiger partial charge on any atom is -0.264 e. The molecule has 172 valence electrons. The quantitative estimate of drug-likeness (QED) is 0.552. The van der Waals surface area contributed by atoms with Crippen LogP contribution in [0.2, 0.25) is 0 Å². The summed E-state index contributed by atoms with van der Waals surface area (Å²) in [7, 11) is -6.80. The molecule has 4 heterocycles. The van der Waals surface area contributed by atoms with Gasteiger partial charge in [-0.15, -0.1) is 11.3 Å². The average Bonchev–Trinajstić information content (AvgIpc) is 3.42. The van der Waals surface area contributed by atoms with Gasteiger partial charge >= 0.3 is 0 Å². The average molecular weight is 495 g/mol. The number of fused-ring (bicyclic) bond motifs is 1. The number of thiazole rings is 1. The van der Waals surface area contributed by atoms with Gasteiger partial charge in [0, 0.05) is 19.0 Å². The van der Waals surface area contributed by atoms with E-state index in [0.717, 1.165) is 28.1 Å². The Kier molecular flexibility index (Phi) is 5.43. The number of piperidine rings is 1. The number of nitrogens with zero attached hydrogens (tertiary/aromatic N) is 4. The molecule has 11 heteroatoms. The highest BCUT2D eigenvalue weighted by Crippen LogP contribution is 2.36. The third-order valence-corrected chi connectivity index (χ3v) is 11.6. The van der Waals surface area contributed by atoms with Crippen molar-refractivity contribution in [1.82, 2.24) is 19.1 Å². The number of sulfone groups is 1. The first kappa shape index (κ1) is 22.0. The maximum Gasteiger partial charge on any atom is 0.246 e. The van der Waals surface area contributed by atoms with E-state index < -0.39 is 19.9 Å². The predicted octanol–water partition coefficient (Wildman–Crippen LogP) is 3.04. The summed E-state index contributed by atoms with van der Waals surface area (Å²) >= 11 is 1.69.